The summed E-state index contributed by atoms with van der Waals surface area (Å²) in [7, 11) is 1.59. The highest BCUT2D eigenvalue weighted by Crippen LogP contribution is 2.40. The first-order valence-corrected chi connectivity index (χ1v) is 20.9. The third-order valence-corrected chi connectivity index (χ3v) is 11.1. The molecule has 0 bridgehead atoms. The highest BCUT2D eigenvalue weighted by Gasteiger charge is 2.32. The van der Waals surface area contributed by atoms with Gasteiger partial charge in [0.25, 0.3) is 5.91 Å². The smallest absolute Gasteiger partial charge is 0.306 e. The zero-order chi connectivity index (χ0) is 42.0. The molecule has 4 aliphatic rings. The first-order chi connectivity index (χ1) is 29.2. The van der Waals surface area contributed by atoms with E-state index in [9.17, 15) is 14.4 Å². The van der Waals surface area contributed by atoms with E-state index in [1.165, 1.54) is 11.8 Å². The number of benzene rings is 3. The minimum Gasteiger partial charge on any atom is -0.493 e. The molecule has 0 fully saturated rings. The van der Waals surface area contributed by atoms with Crippen LogP contribution in [0.1, 0.15) is 109 Å². The van der Waals surface area contributed by atoms with Crippen LogP contribution in [0.4, 0.5) is 5.69 Å². The van der Waals surface area contributed by atoms with Crippen LogP contribution < -0.4 is 18.9 Å². The second kappa shape index (κ2) is 19.7. The van der Waals surface area contributed by atoms with Gasteiger partial charge < -0.3 is 34.0 Å². The molecular weight excluding hydrogens is 759 g/mol. The topological polar surface area (TPSA) is 137 Å². The van der Waals surface area contributed by atoms with Crippen LogP contribution in [0.3, 0.4) is 0 Å². The fourth-order valence-corrected chi connectivity index (χ4v) is 7.78. The number of allylic oxidation sites excluding steroid dienone is 5. The largest absolute Gasteiger partial charge is 0.493 e. The van der Waals surface area contributed by atoms with Crippen molar-refractivity contribution in [3.8, 4) is 23.0 Å². The van der Waals surface area contributed by atoms with Crippen molar-refractivity contribution in [1.82, 2.24) is 4.90 Å². The van der Waals surface area contributed by atoms with E-state index in [0.717, 1.165) is 66.4 Å². The molecule has 0 radical (unpaired) electrons. The number of rotatable bonds is 19. The van der Waals surface area contributed by atoms with E-state index < -0.39 is 0 Å². The van der Waals surface area contributed by atoms with Gasteiger partial charge in [0.2, 0.25) is 0 Å². The molecule has 11 nitrogen and oxygen atoms in total. The Balaban J connectivity index is 0.903. The number of hydrogen-bond acceptors (Lipinski definition) is 10. The SMILES string of the molecule is COc1cc2c(cc1OCCCCCOc1cc3c(cc1OCCCCCC(=O)OCc1ccc(C=N)cc1)C(=O)N1C=C(C)C[C@H]1C=N3)C=C[C@@H]1CC(C)=CC=C1C2=O. The Bertz CT molecular complexity index is 2270. The average molecular weight is 812 g/mol. The monoisotopic (exact) mass is 811 g/mol. The quantitative estimate of drug-likeness (QED) is 0.0718. The molecule has 2 heterocycles. The summed E-state index contributed by atoms with van der Waals surface area (Å²) in [5.41, 5.74) is 7.32. The summed E-state index contributed by atoms with van der Waals surface area (Å²) in [6.07, 6.45) is 19.5. The highest BCUT2D eigenvalue weighted by atomic mass is 16.5. The summed E-state index contributed by atoms with van der Waals surface area (Å²) < 4.78 is 29.8. The van der Waals surface area contributed by atoms with Gasteiger partial charge in [-0.25, -0.2) is 0 Å². The number of ketones is 1. The first-order valence-electron chi connectivity index (χ1n) is 20.9. The number of methoxy groups -OCH3 is 1. The van der Waals surface area contributed by atoms with Crippen molar-refractivity contribution in [2.24, 2.45) is 10.9 Å². The maximum Gasteiger partial charge on any atom is 0.306 e. The van der Waals surface area contributed by atoms with Gasteiger partial charge in [0.15, 0.2) is 28.8 Å². The molecule has 312 valence electrons. The predicted octanol–water partition coefficient (Wildman–Crippen LogP) is 9.94. The van der Waals surface area contributed by atoms with Crippen molar-refractivity contribution in [3.63, 3.8) is 0 Å². The van der Waals surface area contributed by atoms with Crippen LogP contribution in [0.25, 0.3) is 6.08 Å². The van der Waals surface area contributed by atoms with Crippen LogP contribution in [-0.2, 0) is 16.1 Å². The molecule has 11 heteroatoms. The lowest BCUT2D eigenvalue weighted by Gasteiger charge is -2.19. The summed E-state index contributed by atoms with van der Waals surface area (Å²) in [5.74, 6) is 1.87. The molecule has 0 aromatic heterocycles. The number of Topliss-reactive ketones (excluding diaryl/α,β-unsaturated/α-hetero) is 1. The number of hydrogen-bond donors (Lipinski definition) is 1. The van der Waals surface area contributed by atoms with E-state index in [0.29, 0.717) is 78.9 Å². The molecule has 3 aromatic rings. The second-order valence-corrected chi connectivity index (χ2v) is 15.7. The Morgan fingerprint density at radius 2 is 1.50 bits per heavy atom. The summed E-state index contributed by atoms with van der Waals surface area (Å²) in [6, 6.07) is 14.5. The van der Waals surface area contributed by atoms with Crippen molar-refractivity contribution >= 4 is 41.9 Å². The summed E-state index contributed by atoms with van der Waals surface area (Å²) >= 11 is 0. The highest BCUT2D eigenvalue weighted by molar-refractivity contribution is 6.13. The predicted molar refractivity (Wildman–Crippen MR) is 232 cm³/mol. The first kappa shape index (κ1) is 41.9. The number of esters is 1. The molecule has 0 spiro atoms. The van der Waals surface area contributed by atoms with Gasteiger partial charge in [-0.2, -0.15) is 0 Å². The normalized spacial score (nSPS) is 17.5. The standard InChI is InChI=1S/C49H53N3O8/c1-32-11-18-39-36(22-32)16-17-37-24-44(43(56-3)25-40(37)48(39)54)57-20-8-5-9-21-59-46-27-42-41(49(55)52-30-33(2)23-38(52)29-51-42)26-45(46)58-19-7-4-6-10-47(53)60-31-35-14-12-34(28-50)13-15-35/h11-18,24-30,36,38,50H,4-10,19-23,31H2,1-3H3/t36-,38+/m1/s1. The molecule has 1 N–H and O–H groups in total. The number of carbonyl (C=O) groups is 3. The minimum absolute atomic E-state index is 0.0253. The number of carbonyl (C=O) groups excluding carboxylic acids is 3. The number of unbranched alkanes of at least 4 members (excludes halogenated alkanes) is 4. The molecule has 2 aliphatic heterocycles. The molecular formula is C49H53N3O8. The van der Waals surface area contributed by atoms with Gasteiger partial charge in [0, 0.05) is 48.2 Å². The van der Waals surface area contributed by atoms with E-state index in [1.54, 1.807) is 30.2 Å². The van der Waals surface area contributed by atoms with Gasteiger partial charge >= 0.3 is 5.97 Å². The van der Waals surface area contributed by atoms with Crippen molar-refractivity contribution < 1.29 is 38.1 Å². The third kappa shape index (κ3) is 10.1. The molecule has 2 atom stereocenters. The zero-order valence-electron chi connectivity index (χ0n) is 34.7. The molecule has 0 saturated heterocycles. The fourth-order valence-electron chi connectivity index (χ4n) is 7.78. The molecule has 60 heavy (non-hydrogen) atoms. The van der Waals surface area contributed by atoms with E-state index in [-0.39, 0.29) is 36.2 Å². The van der Waals surface area contributed by atoms with Crippen molar-refractivity contribution in [1.29, 1.82) is 5.41 Å². The van der Waals surface area contributed by atoms with Crippen LogP contribution in [0.15, 0.2) is 94.7 Å². The van der Waals surface area contributed by atoms with Crippen LogP contribution in [-0.4, -0.2) is 68.0 Å². The van der Waals surface area contributed by atoms with Crippen LogP contribution >= 0.6 is 0 Å². The molecule has 3 aromatic carbocycles. The van der Waals surface area contributed by atoms with Crippen molar-refractivity contribution in [3.05, 3.63) is 117 Å². The lowest BCUT2D eigenvalue weighted by Crippen LogP contribution is -2.32. The fraction of sp³-hybridized carbons (Fsp3) is 0.367. The van der Waals surface area contributed by atoms with Crippen LogP contribution in [0.2, 0.25) is 0 Å². The van der Waals surface area contributed by atoms with E-state index >= 15 is 0 Å². The van der Waals surface area contributed by atoms with Crippen LogP contribution in [0.5, 0.6) is 23.0 Å². The lowest BCUT2D eigenvalue weighted by molar-refractivity contribution is -0.145. The Labute approximate surface area is 351 Å². The second-order valence-electron chi connectivity index (χ2n) is 15.7. The molecule has 2 aliphatic carbocycles. The summed E-state index contributed by atoms with van der Waals surface area (Å²) in [5, 5.41) is 7.31. The number of aliphatic imine (C=N–C) groups is 1. The molecule has 0 saturated carbocycles. The summed E-state index contributed by atoms with van der Waals surface area (Å²) in [6.45, 7) is 5.59. The Morgan fingerprint density at radius 3 is 2.22 bits per heavy atom. The lowest BCUT2D eigenvalue weighted by atomic mass is 9.85. The Hall–Kier alpha value is -6.23. The zero-order valence-corrected chi connectivity index (χ0v) is 34.7. The molecule has 7 rings (SSSR count). The molecule has 1 amide bonds. The Kier molecular flexibility index (Phi) is 13.7. The average Bonchev–Trinajstić information content (AvgIpc) is 3.52. The maximum absolute atomic E-state index is 13.7. The number of nitrogens with zero attached hydrogens (tertiary/aromatic N) is 2. The van der Waals surface area contributed by atoms with E-state index in [4.69, 9.17) is 34.1 Å². The number of nitrogens with one attached hydrogen (secondary N) is 1. The van der Waals surface area contributed by atoms with Crippen LogP contribution in [0, 0.1) is 11.3 Å². The maximum atomic E-state index is 13.7. The van der Waals surface area contributed by atoms with Gasteiger partial charge in [-0.15, -0.1) is 0 Å². The number of amides is 1. The van der Waals surface area contributed by atoms with Gasteiger partial charge in [0.1, 0.15) is 6.61 Å². The van der Waals surface area contributed by atoms with Gasteiger partial charge in [-0.05, 0) is 100 Å². The van der Waals surface area contributed by atoms with Crippen molar-refractivity contribution in [2.75, 3.05) is 26.9 Å². The third-order valence-electron chi connectivity index (χ3n) is 11.1. The van der Waals surface area contributed by atoms with Gasteiger partial charge in [-0.3, -0.25) is 19.4 Å². The number of fused-ring (bicyclic) bond motifs is 4. The summed E-state index contributed by atoms with van der Waals surface area (Å²) in [4.78, 5) is 45.9. The van der Waals surface area contributed by atoms with Crippen molar-refractivity contribution in [2.45, 2.75) is 84.3 Å². The van der Waals surface area contributed by atoms with Gasteiger partial charge in [0.05, 0.1) is 44.2 Å². The van der Waals surface area contributed by atoms with Gasteiger partial charge in [-0.1, -0.05) is 59.7 Å². The minimum atomic E-state index is -0.254. The Morgan fingerprint density at radius 1 is 0.817 bits per heavy atom. The van der Waals surface area contributed by atoms with E-state index in [1.807, 2.05) is 67.9 Å². The van der Waals surface area contributed by atoms with E-state index in [2.05, 4.69) is 13.0 Å². The number of ether oxygens (including phenoxy) is 5. The molecule has 0 unspecified atom stereocenters.